The highest BCUT2D eigenvalue weighted by Gasteiger charge is 2.21. The molecule has 0 aliphatic carbocycles. The van der Waals surface area contributed by atoms with E-state index in [0.717, 1.165) is 13.0 Å². The van der Waals surface area contributed by atoms with E-state index in [-0.39, 0.29) is 0 Å². The van der Waals surface area contributed by atoms with Crippen molar-refractivity contribution in [1.82, 2.24) is 15.1 Å². The molecular formula is C13H23N3. The lowest BCUT2D eigenvalue weighted by Gasteiger charge is -2.22. The first-order chi connectivity index (χ1) is 7.66. The van der Waals surface area contributed by atoms with Gasteiger partial charge in [-0.15, -0.1) is 0 Å². The maximum absolute atomic E-state index is 4.66. The topological polar surface area (TPSA) is 29.9 Å². The first-order valence-corrected chi connectivity index (χ1v) is 6.40. The highest BCUT2D eigenvalue weighted by atomic mass is 15.3. The maximum atomic E-state index is 4.66. The Bertz CT molecular complexity index is 335. The standard InChI is InChI=1S/C13H23N3/c1-10(2)7-12-9-16(3)15-13(12)11-5-4-6-14-8-11/h9-11,14H,4-8H2,1-3H3. The number of hydrogen-bond acceptors (Lipinski definition) is 2. The van der Waals surface area contributed by atoms with Crippen molar-refractivity contribution < 1.29 is 0 Å². The highest BCUT2D eigenvalue weighted by molar-refractivity contribution is 5.22. The van der Waals surface area contributed by atoms with Crippen LogP contribution < -0.4 is 5.32 Å². The molecule has 1 atom stereocenters. The molecule has 1 fully saturated rings. The highest BCUT2D eigenvalue weighted by Crippen LogP contribution is 2.26. The second-order valence-corrected chi connectivity index (χ2v) is 5.35. The largest absolute Gasteiger partial charge is 0.316 e. The van der Waals surface area contributed by atoms with Crippen LogP contribution in [0.1, 0.15) is 43.9 Å². The number of aryl methyl sites for hydroxylation is 1. The summed E-state index contributed by atoms with van der Waals surface area (Å²) in [5.74, 6) is 1.34. The van der Waals surface area contributed by atoms with Crippen LogP contribution >= 0.6 is 0 Å². The van der Waals surface area contributed by atoms with Gasteiger partial charge in [-0.05, 0) is 37.3 Å². The Labute approximate surface area is 98.2 Å². The monoisotopic (exact) mass is 221 g/mol. The minimum Gasteiger partial charge on any atom is -0.316 e. The second-order valence-electron chi connectivity index (χ2n) is 5.35. The van der Waals surface area contributed by atoms with Crippen LogP contribution in [-0.4, -0.2) is 22.9 Å². The number of nitrogens with one attached hydrogen (secondary N) is 1. The van der Waals surface area contributed by atoms with Crippen molar-refractivity contribution in [2.45, 2.75) is 39.0 Å². The molecule has 1 aliphatic rings. The fourth-order valence-electron chi connectivity index (χ4n) is 2.58. The summed E-state index contributed by atoms with van der Waals surface area (Å²) in [6, 6.07) is 0. The van der Waals surface area contributed by atoms with Crippen molar-refractivity contribution in [3.63, 3.8) is 0 Å². The normalized spacial score (nSPS) is 21.6. The Kier molecular flexibility index (Phi) is 3.64. The molecule has 2 heterocycles. The number of aromatic nitrogens is 2. The molecular weight excluding hydrogens is 198 g/mol. The van der Waals surface area contributed by atoms with Crippen molar-refractivity contribution in [3.8, 4) is 0 Å². The van der Waals surface area contributed by atoms with Crippen molar-refractivity contribution >= 4 is 0 Å². The van der Waals surface area contributed by atoms with Gasteiger partial charge in [0, 0.05) is 25.7 Å². The van der Waals surface area contributed by atoms with Gasteiger partial charge in [0.05, 0.1) is 5.69 Å². The van der Waals surface area contributed by atoms with E-state index in [1.54, 1.807) is 0 Å². The van der Waals surface area contributed by atoms with Gasteiger partial charge in [-0.3, -0.25) is 4.68 Å². The molecule has 0 amide bonds. The molecule has 0 saturated carbocycles. The third kappa shape index (κ3) is 2.64. The van der Waals surface area contributed by atoms with Gasteiger partial charge in [0.15, 0.2) is 0 Å². The van der Waals surface area contributed by atoms with Crippen LogP contribution in [0.2, 0.25) is 0 Å². The minimum absolute atomic E-state index is 0.628. The van der Waals surface area contributed by atoms with Gasteiger partial charge in [-0.25, -0.2) is 0 Å². The Morgan fingerprint density at radius 3 is 3.00 bits per heavy atom. The van der Waals surface area contributed by atoms with E-state index in [2.05, 4.69) is 30.5 Å². The molecule has 1 aromatic heterocycles. The van der Waals surface area contributed by atoms with E-state index in [1.807, 2.05) is 11.7 Å². The zero-order valence-electron chi connectivity index (χ0n) is 10.7. The van der Waals surface area contributed by atoms with E-state index in [0.29, 0.717) is 11.8 Å². The molecule has 3 heteroatoms. The number of piperidine rings is 1. The first-order valence-electron chi connectivity index (χ1n) is 6.40. The zero-order valence-corrected chi connectivity index (χ0v) is 10.7. The third-order valence-corrected chi connectivity index (χ3v) is 3.25. The average molecular weight is 221 g/mol. The van der Waals surface area contributed by atoms with E-state index < -0.39 is 0 Å². The third-order valence-electron chi connectivity index (χ3n) is 3.25. The maximum Gasteiger partial charge on any atom is 0.0700 e. The number of rotatable bonds is 3. The molecule has 0 aromatic carbocycles. The fourth-order valence-corrected chi connectivity index (χ4v) is 2.58. The van der Waals surface area contributed by atoms with Crippen LogP contribution in [0.5, 0.6) is 0 Å². The lowest BCUT2D eigenvalue weighted by Crippen LogP contribution is -2.29. The van der Waals surface area contributed by atoms with Crippen LogP contribution in [-0.2, 0) is 13.5 Å². The Hall–Kier alpha value is -0.830. The summed E-state index contributed by atoms with van der Waals surface area (Å²) >= 11 is 0. The summed E-state index contributed by atoms with van der Waals surface area (Å²) in [5, 5.41) is 8.14. The molecule has 90 valence electrons. The van der Waals surface area contributed by atoms with Gasteiger partial charge in [-0.2, -0.15) is 5.10 Å². The van der Waals surface area contributed by atoms with Crippen molar-refractivity contribution in [1.29, 1.82) is 0 Å². The average Bonchev–Trinajstić information content (AvgIpc) is 2.60. The first kappa shape index (κ1) is 11.6. The van der Waals surface area contributed by atoms with Crippen LogP contribution in [0.3, 0.4) is 0 Å². The predicted octanol–water partition coefficient (Wildman–Crippen LogP) is 2.09. The summed E-state index contributed by atoms with van der Waals surface area (Å²) in [4.78, 5) is 0. The SMILES string of the molecule is CC(C)Cc1cn(C)nc1C1CCCNC1. The minimum atomic E-state index is 0.628. The molecule has 1 aliphatic heterocycles. The molecule has 0 bridgehead atoms. The smallest absolute Gasteiger partial charge is 0.0700 e. The van der Waals surface area contributed by atoms with Gasteiger partial charge < -0.3 is 5.32 Å². The van der Waals surface area contributed by atoms with Crippen LogP contribution in [0, 0.1) is 5.92 Å². The molecule has 16 heavy (non-hydrogen) atoms. The van der Waals surface area contributed by atoms with E-state index in [1.165, 1.54) is 30.6 Å². The number of hydrogen-bond donors (Lipinski definition) is 1. The molecule has 2 rings (SSSR count). The molecule has 3 nitrogen and oxygen atoms in total. The van der Waals surface area contributed by atoms with Gasteiger partial charge in [-0.1, -0.05) is 13.8 Å². The second kappa shape index (κ2) is 5.00. The van der Waals surface area contributed by atoms with Gasteiger partial charge >= 0.3 is 0 Å². The van der Waals surface area contributed by atoms with Gasteiger partial charge in [0.25, 0.3) is 0 Å². The quantitative estimate of drug-likeness (QED) is 0.847. The molecule has 1 aromatic rings. The molecule has 1 N–H and O–H groups in total. The van der Waals surface area contributed by atoms with Crippen molar-refractivity contribution in [3.05, 3.63) is 17.5 Å². The lowest BCUT2D eigenvalue weighted by atomic mass is 9.91. The predicted molar refractivity (Wildman–Crippen MR) is 66.6 cm³/mol. The van der Waals surface area contributed by atoms with E-state index >= 15 is 0 Å². The van der Waals surface area contributed by atoms with Crippen LogP contribution in [0.25, 0.3) is 0 Å². The molecule has 1 unspecified atom stereocenters. The zero-order chi connectivity index (χ0) is 11.5. The van der Waals surface area contributed by atoms with Gasteiger partial charge in [0.1, 0.15) is 0 Å². The van der Waals surface area contributed by atoms with Crippen molar-refractivity contribution in [2.24, 2.45) is 13.0 Å². The van der Waals surface area contributed by atoms with E-state index in [4.69, 9.17) is 0 Å². The summed E-state index contributed by atoms with van der Waals surface area (Å²) in [6.45, 7) is 6.82. The van der Waals surface area contributed by atoms with E-state index in [9.17, 15) is 0 Å². The summed E-state index contributed by atoms with van der Waals surface area (Å²) in [7, 11) is 2.03. The number of nitrogens with zero attached hydrogens (tertiary/aromatic N) is 2. The Balaban J connectivity index is 2.17. The Morgan fingerprint density at radius 2 is 2.38 bits per heavy atom. The van der Waals surface area contributed by atoms with Gasteiger partial charge in [0.2, 0.25) is 0 Å². The summed E-state index contributed by atoms with van der Waals surface area (Å²) in [6.07, 6.45) is 5.92. The van der Waals surface area contributed by atoms with Crippen LogP contribution in [0.4, 0.5) is 0 Å². The Morgan fingerprint density at radius 1 is 1.56 bits per heavy atom. The summed E-state index contributed by atoms with van der Waals surface area (Å²) < 4.78 is 1.97. The lowest BCUT2D eigenvalue weighted by molar-refractivity contribution is 0.448. The molecule has 1 saturated heterocycles. The van der Waals surface area contributed by atoms with Crippen molar-refractivity contribution in [2.75, 3.05) is 13.1 Å². The summed E-state index contributed by atoms with van der Waals surface area (Å²) in [5.41, 5.74) is 2.79. The van der Waals surface area contributed by atoms with Crippen LogP contribution in [0.15, 0.2) is 6.20 Å². The molecule has 0 spiro atoms. The fraction of sp³-hybridized carbons (Fsp3) is 0.769. The molecule has 0 radical (unpaired) electrons.